The zero-order chi connectivity index (χ0) is 17.7. The van der Waals surface area contributed by atoms with Gasteiger partial charge in [-0.3, -0.25) is 14.0 Å². The third kappa shape index (κ3) is 2.73. The van der Waals surface area contributed by atoms with Gasteiger partial charge in [0.25, 0.3) is 11.5 Å². The highest BCUT2D eigenvalue weighted by molar-refractivity contribution is 7.20. The number of rotatable bonds is 1. The summed E-state index contributed by atoms with van der Waals surface area (Å²) in [4.78, 5) is 33.2. The van der Waals surface area contributed by atoms with Crippen molar-refractivity contribution < 1.29 is 9.53 Å². The Hall–Kier alpha value is -2.25. The minimum Gasteiger partial charge on any atom is -0.372 e. The second-order valence-electron chi connectivity index (χ2n) is 6.60. The van der Waals surface area contributed by atoms with E-state index >= 15 is 0 Å². The molecule has 0 N–H and O–H groups in total. The quantitative estimate of drug-likeness (QED) is 0.671. The van der Waals surface area contributed by atoms with Crippen molar-refractivity contribution >= 4 is 33.1 Å². The summed E-state index contributed by atoms with van der Waals surface area (Å²) in [5.74, 6) is -0.0600. The van der Waals surface area contributed by atoms with Gasteiger partial charge in [0.15, 0.2) is 0 Å². The summed E-state index contributed by atoms with van der Waals surface area (Å²) >= 11 is 1.28. The molecule has 6 nitrogen and oxygen atoms in total. The first-order chi connectivity index (χ1) is 11.9. The zero-order valence-electron chi connectivity index (χ0n) is 14.4. The summed E-state index contributed by atoms with van der Waals surface area (Å²) in [5, 5.41) is 0.491. The number of aromatic nitrogens is 2. The summed E-state index contributed by atoms with van der Waals surface area (Å²) < 4.78 is 7.23. The number of thiophene rings is 1. The molecular formula is C18H19N3O3S. The van der Waals surface area contributed by atoms with Crippen molar-refractivity contribution in [3.05, 3.63) is 45.2 Å². The monoisotopic (exact) mass is 357 g/mol. The number of carbonyl (C=O) groups is 1. The number of hydrogen-bond acceptors (Lipinski definition) is 5. The molecular weight excluding hydrogens is 338 g/mol. The predicted octanol–water partition coefficient (Wildman–Crippen LogP) is 2.47. The number of amides is 1. The molecule has 4 rings (SSSR count). The fourth-order valence-corrected chi connectivity index (χ4v) is 4.35. The smallest absolute Gasteiger partial charge is 0.266 e. The number of carbonyl (C=O) groups excluding carboxylic acids is 1. The van der Waals surface area contributed by atoms with Crippen LogP contribution in [0.5, 0.6) is 0 Å². The Morgan fingerprint density at radius 2 is 2.04 bits per heavy atom. The van der Waals surface area contributed by atoms with Gasteiger partial charge in [0.1, 0.15) is 10.5 Å². The standard InChI is InChI=1S/C18H19N3O3S/c1-10-5-4-6-21-15(10)19-16-13(17(21)22)7-14(25-16)18(23)20-8-11(2)24-12(3)9-20/h4-7,11-12H,8-9H2,1-3H3/t11-,12+. The number of pyridine rings is 1. The summed E-state index contributed by atoms with van der Waals surface area (Å²) in [6.45, 7) is 6.97. The van der Waals surface area contributed by atoms with Gasteiger partial charge in [-0.2, -0.15) is 0 Å². The van der Waals surface area contributed by atoms with Gasteiger partial charge in [0.05, 0.1) is 22.5 Å². The van der Waals surface area contributed by atoms with Crippen LogP contribution in [0.25, 0.3) is 15.9 Å². The van der Waals surface area contributed by atoms with Gasteiger partial charge < -0.3 is 9.64 Å². The van der Waals surface area contributed by atoms with E-state index in [0.29, 0.717) is 33.8 Å². The lowest BCUT2D eigenvalue weighted by molar-refractivity contribution is -0.0585. The van der Waals surface area contributed by atoms with Crippen molar-refractivity contribution in [1.29, 1.82) is 0 Å². The number of morpholine rings is 1. The summed E-state index contributed by atoms with van der Waals surface area (Å²) in [6, 6.07) is 5.42. The topological polar surface area (TPSA) is 63.9 Å². The van der Waals surface area contributed by atoms with E-state index in [9.17, 15) is 9.59 Å². The molecule has 0 aromatic carbocycles. The Balaban J connectivity index is 1.80. The molecule has 25 heavy (non-hydrogen) atoms. The normalized spacial score (nSPS) is 21.2. The lowest BCUT2D eigenvalue weighted by atomic mass is 10.2. The fourth-order valence-electron chi connectivity index (χ4n) is 3.36. The van der Waals surface area contributed by atoms with Crippen LogP contribution in [0, 0.1) is 6.92 Å². The van der Waals surface area contributed by atoms with Crippen molar-refractivity contribution in [2.24, 2.45) is 0 Å². The highest BCUT2D eigenvalue weighted by atomic mass is 32.1. The third-order valence-electron chi connectivity index (χ3n) is 4.45. The summed E-state index contributed by atoms with van der Waals surface area (Å²) in [7, 11) is 0. The minimum atomic E-state index is -0.136. The van der Waals surface area contributed by atoms with Crippen molar-refractivity contribution in [2.75, 3.05) is 13.1 Å². The fraction of sp³-hybridized carbons (Fsp3) is 0.389. The average molecular weight is 357 g/mol. The highest BCUT2D eigenvalue weighted by Crippen LogP contribution is 2.25. The molecule has 1 fully saturated rings. The third-order valence-corrected chi connectivity index (χ3v) is 5.47. The van der Waals surface area contributed by atoms with Gasteiger partial charge in [0, 0.05) is 19.3 Å². The second kappa shape index (κ2) is 5.93. The molecule has 0 saturated carbocycles. The molecule has 1 aliphatic heterocycles. The molecule has 0 aliphatic carbocycles. The number of hydrogen-bond donors (Lipinski definition) is 0. The molecule has 4 heterocycles. The van der Waals surface area contributed by atoms with E-state index in [1.807, 2.05) is 32.9 Å². The number of fused-ring (bicyclic) bond motifs is 2. The van der Waals surface area contributed by atoms with Crippen LogP contribution in [-0.2, 0) is 4.74 Å². The van der Waals surface area contributed by atoms with Crippen LogP contribution in [-0.4, -0.2) is 45.5 Å². The van der Waals surface area contributed by atoms with E-state index in [0.717, 1.165) is 5.56 Å². The number of aryl methyl sites for hydroxylation is 1. The van der Waals surface area contributed by atoms with E-state index < -0.39 is 0 Å². The maximum Gasteiger partial charge on any atom is 0.266 e. The summed E-state index contributed by atoms with van der Waals surface area (Å²) in [6.07, 6.45) is 1.73. The Labute approximate surface area is 148 Å². The van der Waals surface area contributed by atoms with Crippen LogP contribution in [0.4, 0.5) is 0 Å². The zero-order valence-corrected chi connectivity index (χ0v) is 15.2. The predicted molar refractivity (Wildman–Crippen MR) is 97.5 cm³/mol. The Morgan fingerprint density at radius 1 is 1.32 bits per heavy atom. The van der Waals surface area contributed by atoms with Gasteiger partial charge >= 0.3 is 0 Å². The van der Waals surface area contributed by atoms with Crippen molar-refractivity contribution in [2.45, 2.75) is 33.0 Å². The maximum absolute atomic E-state index is 12.9. The van der Waals surface area contributed by atoms with Gasteiger partial charge in [0.2, 0.25) is 0 Å². The van der Waals surface area contributed by atoms with Gasteiger partial charge in [-0.05, 0) is 38.5 Å². The molecule has 3 aromatic rings. The SMILES string of the molecule is Cc1cccn2c(=O)c3cc(C(=O)N4C[C@@H](C)O[C@@H](C)C4)sc3nc12. The van der Waals surface area contributed by atoms with E-state index in [1.54, 1.807) is 17.2 Å². The Morgan fingerprint density at radius 3 is 2.76 bits per heavy atom. The lowest BCUT2D eigenvalue weighted by Gasteiger charge is -2.35. The molecule has 3 aromatic heterocycles. The molecule has 0 bridgehead atoms. The molecule has 2 atom stereocenters. The molecule has 1 amide bonds. The number of ether oxygens (including phenoxy) is 1. The van der Waals surface area contributed by atoms with Crippen LogP contribution >= 0.6 is 11.3 Å². The van der Waals surface area contributed by atoms with E-state index in [4.69, 9.17) is 4.74 Å². The molecule has 0 unspecified atom stereocenters. The molecule has 7 heteroatoms. The lowest BCUT2D eigenvalue weighted by Crippen LogP contribution is -2.48. The molecule has 0 radical (unpaired) electrons. The van der Waals surface area contributed by atoms with Crippen LogP contribution in [0.3, 0.4) is 0 Å². The second-order valence-corrected chi connectivity index (χ2v) is 7.63. The van der Waals surface area contributed by atoms with E-state index in [1.165, 1.54) is 15.7 Å². The molecule has 1 saturated heterocycles. The Kier molecular flexibility index (Phi) is 3.85. The van der Waals surface area contributed by atoms with Crippen molar-refractivity contribution in [1.82, 2.24) is 14.3 Å². The first kappa shape index (κ1) is 16.2. The average Bonchev–Trinajstić information content (AvgIpc) is 2.99. The highest BCUT2D eigenvalue weighted by Gasteiger charge is 2.28. The van der Waals surface area contributed by atoms with E-state index in [2.05, 4.69) is 4.98 Å². The molecule has 130 valence electrons. The van der Waals surface area contributed by atoms with Crippen LogP contribution in [0.2, 0.25) is 0 Å². The van der Waals surface area contributed by atoms with Gasteiger partial charge in [-0.25, -0.2) is 4.98 Å². The van der Waals surface area contributed by atoms with Gasteiger partial charge in [-0.1, -0.05) is 6.07 Å². The van der Waals surface area contributed by atoms with Crippen LogP contribution < -0.4 is 5.56 Å². The van der Waals surface area contributed by atoms with Crippen LogP contribution in [0.15, 0.2) is 29.2 Å². The number of nitrogens with zero attached hydrogens (tertiary/aromatic N) is 3. The minimum absolute atomic E-state index is 0.0102. The van der Waals surface area contributed by atoms with E-state index in [-0.39, 0.29) is 23.7 Å². The first-order valence-corrected chi connectivity index (χ1v) is 9.12. The molecule has 0 spiro atoms. The first-order valence-electron chi connectivity index (χ1n) is 8.30. The molecule has 1 aliphatic rings. The van der Waals surface area contributed by atoms with Crippen molar-refractivity contribution in [3.63, 3.8) is 0 Å². The largest absolute Gasteiger partial charge is 0.372 e. The maximum atomic E-state index is 12.9. The summed E-state index contributed by atoms with van der Waals surface area (Å²) in [5.41, 5.74) is 1.43. The van der Waals surface area contributed by atoms with Crippen LogP contribution in [0.1, 0.15) is 29.1 Å². The Bertz CT molecular complexity index is 1030. The van der Waals surface area contributed by atoms with Crippen molar-refractivity contribution in [3.8, 4) is 0 Å². The van der Waals surface area contributed by atoms with Gasteiger partial charge in [-0.15, -0.1) is 11.3 Å².